The molecule has 0 bridgehead atoms. The van der Waals surface area contributed by atoms with Crippen molar-refractivity contribution in [1.82, 2.24) is 14.9 Å². The molecule has 0 saturated carbocycles. The van der Waals surface area contributed by atoms with Crippen LogP contribution < -0.4 is 19.7 Å². The Labute approximate surface area is 202 Å². The molecule has 8 heteroatoms. The second-order valence-corrected chi connectivity index (χ2v) is 8.20. The number of rotatable bonds is 6. The van der Waals surface area contributed by atoms with Gasteiger partial charge in [0.05, 0.1) is 31.6 Å². The van der Waals surface area contributed by atoms with Crippen LogP contribution in [0.3, 0.4) is 0 Å². The Morgan fingerprint density at radius 2 is 1.79 bits per heavy atom. The third-order valence-electron chi connectivity index (χ3n) is 5.93. The Balaban J connectivity index is 1.68. The number of methoxy groups -OCH3 is 2. The van der Waals surface area contributed by atoms with Gasteiger partial charge in [-0.3, -0.25) is 4.98 Å². The average molecular weight is 475 g/mol. The first-order chi connectivity index (χ1) is 16.6. The second-order valence-electron chi connectivity index (χ2n) is 7.81. The van der Waals surface area contributed by atoms with E-state index in [0.29, 0.717) is 16.6 Å². The Kier molecular flexibility index (Phi) is 5.90. The number of aromatic nitrogens is 2. The molecule has 1 N–H and O–H groups in total. The fourth-order valence-electron chi connectivity index (χ4n) is 4.37. The van der Waals surface area contributed by atoms with Crippen molar-refractivity contribution >= 4 is 23.0 Å². The fraction of sp³-hybridized carbons (Fsp3) is 0.154. The van der Waals surface area contributed by atoms with E-state index >= 15 is 0 Å². The Morgan fingerprint density at radius 1 is 0.971 bits per heavy atom. The van der Waals surface area contributed by atoms with Crippen LogP contribution in [0.1, 0.15) is 23.5 Å². The van der Waals surface area contributed by atoms with E-state index < -0.39 is 0 Å². The highest BCUT2D eigenvalue weighted by Crippen LogP contribution is 2.45. The van der Waals surface area contributed by atoms with Crippen LogP contribution in [0.5, 0.6) is 11.5 Å². The maximum absolute atomic E-state index is 13.6. The quantitative estimate of drug-likeness (QED) is 0.388. The molecule has 2 aromatic carbocycles. The van der Waals surface area contributed by atoms with Gasteiger partial charge in [0, 0.05) is 29.8 Å². The first-order valence-corrected chi connectivity index (χ1v) is 11.2. The summed E-state index contributed by atoms with van der Waals surface area (Å²) in [5.41, 5.74) is 3.47. The molecule has 1 saturated heterocycles. The van der Waals surface area contributed by atoms with E-state index in [1.807, 2.05) is 64.2 Å². The summed E-state index contributed by atoms with van der Waals surface area (Å²) in [5.74, 6) is 1.04. The summed E-state index contributed by atoms with van der Waals surface area (Å²) in [6, 6.07) is 21.4. The van der Waals surface area contributed by atoms with Gasteiger partial charge in [0.15, 0.2) is 5.11 Å². The third kappa shape index (κ3) is 3.86. The summed E-state index contributed by atoms with van der Waals surface area (Å²) in [5, 5.41) is 4.01. The van der Waals surface area contributed by atoms with Gasteiger partial charge in [0.25, 0.3) is 0 Å². The van der Waals surface area contributed by atoms with Gasteiger partial charge in [-0.1, -0.05) is 6.07 Å². The second kappa shape index (κ2) is 9.15. The van der Waals surface area contributed by atoms with Gasteiger partial charge in [-0.25, -0.2) is 4.39 Å². The normalized spacial score (nSPS) is 17.5. The molecule has 6 nitrogen and oxygen atoms in total. The molecule has 4 aromatic rings. The Bertz CT molecular complexity index is 1310. The monoisotopic (exact) mass is 474 g/mol. The van der Waals surface area contributed by atoms with Crippen molar-refractivity contribution in [3.8, 4) is 17.2 Å². The standard InChI is InChI=1S/C26H23FN4O2S/c1-32-19-12-13-21(23(16-19)33-2)31-25(24(29-26(31)34)20-6-3-4-14-28-20)22-7-5-15-30(22)18-10-8-17(27)9-11-18/h3-16,24-25H,1-2H3,(H,29,34)/t24-,25-/m0/s1. The molecular formula is C26H23FN4O2S. The first kappa shape index (κ1) is 21.9. The number of pyridine rings is 1. The number of ether oxygens (including phenoxy) is 2. The molecule has 0 unspecified atom stereocenters. The largest absolute Gasteiger partial charge is 0.497 e. The zero-order valence-electron chi connectivity index (χ0n) is 18.7. The van der Waals surface area contributed by atoms with E-state index in [0.717, 1.165) is 22.8 Å². The fourth-order valence-corrected chi connectivity index (χ4v) is 4.71. The minimum atomic E-state index is -0.280. The highest BCUT2D eigenvalue weighted by molar-refractivity contribution is 7.80. The van der Waals surface area contributed by atoms with Gasteiger partial charge >= 0.3 is 0 Å². The highest BCUT2D eigenvalue weighted by Gasteiger charge is 2.43. The highest BCUT2D eigenvalue weighted by atomic mass is 32.1. The minimum Gasteiger partial charge on any atom is -0.497 e. The van der Waals surface area contributed by atoms with Gasteiger partial charge in [-0.2, -0.15) is 0 Å². The van der Waals surface area contributed by atoms with Gasteiger partial charge in [0.1, 0.15) is 23.4 Å². The molecule has 2 atom stereocenters. The molecule has 1 aliphatic heterocycles. The van der Waals surface area contributed by atoms with Crippen LogP contribution in [0.15, 0.2) is 85.2 Å². The minimum absolute atomic E-state index is 0.227. The first-order valence-electron chi connectivity index (χ1n) is 10.8. The summed E-state index contributed by atoms with van der Waals surface area (Å²) in [6.07, 6.45) is 3.73. The van der Waals surface area contributed by atoms with Crippen molar-refractivity contribution in [1.29, 1.82) is 0 Å². The molecule has 172 valence electrons. The van der Waals surface area contributed by atoms with Crippen LogP contribution in [0, 0.1) is 5.82 Å². The third-order valence-corrected chi connectivity index (χ3v) is 6.25. The lowest BCUT2D eigenvalue weighted by atomic mass is 10.0. The molecule has 1 aliphatic rings. The number of hydrogen-bond acceptors (Lipinski definition) is 4. The van der Waals surface area contributed by atoms with E-state index in [4.69, 9.17) is 21.7 Å². The van der Waals surface area contributed by atoms with Crippen LogP contribution in [-0.4, -0.2) is 28.9 Å². The summed E-state index contributed by atoms with van der Waals surface area (Å²) in [7, 11) is 3.24. The van der Waals surface area contributed by atoms with Crippen LogP contribution in [0.25, 0.3) is 5.69 Å². The lowest BCUT2D eigenvalue weighted by Gasteiger charge is -2.30. The Morgan fingerprint density at radius 3 is 2.50 bits per heavy atom. The predicted octanol–water partition coefficient (Wildman–Crippen LogP) is 5.21. The summed E-state index contributed by atoms with van der Waals surface area (Å²) in [4.78, 5) is 6.65. The smallest absolute Gasteiger partial charge is 0.174 e. The number of benzene rings is 2. The van der Waals surface area contributed by atoms with Crippen molar-refractivity contribution < 1.29 is 13.9 Å². The summed E-state index contributed by atoms with van der Waals surface area (Å²) in [6.45, 7) is 0. The molecule has 1 fully saturated rings. The molecule has 0 aliphatic carbocycles. The molecule has 3 heterocycles. The van der Waals surface area contributed by atoms with Gasteiger partial charge in [0.2, 0.25) is 0 Å². The lowest BCUT2D eigenvalue weighted by Crippen LogP contribution is -2.30. The van der Waals surface area contributed by atoms with E-state index in [2.05, 4.69) is 10.3 Å². The molecule has 0 spiro atoms. The molecular weight excluding hydrogens is 451 g/mol. The molecule has 5 rings (SSSR count). The summed E-state index contributed by atoms with van der Waals surface area (Å²) < 4.78 is 26.8. The van der Waals surface area contributed by atoms with Crippen molar-refractivity contribution in [2.45, 2.75) is 12.1 Å². The number of anilines is 1. The zero-order chi connectivity index (χ0) is 23.7. The molecule has 2 aromatic heterocycles. The number of nitrogens with zero attached hydrogens (tertiary/aromatic N) is 3. The summed E-state index contributed by atoms with van der Waals surface area (Å²) >= 11 is 5.84. The average Bonchev–Trinajstić information content (AvgIpc) is 3.49. The van der Waals surface area contributed by atoms with E-state index in [1.54, 1.807) is 32.5 Å². The van der Waals surface area contributed by atoms with Crippen molar-refractivity contribution in [2.75, 3.05) is 19.1 Å². The van der Waals surface area contributed by atoms with E-state index in [1.165, 1.54) is 12.1 Å². The number of hydrogen-bond donors (Lipinski definition) is 1. The zero-order valence-corrected chi connectivity index (χ0v) is 19.5. The van der Waals surface area contributed by atoms with Crippen LogP contribution >= 0.6 is 12.2 Å². The lowest BCUT2D eigenvalue weighted by molar-refractivity contribution is 0.394. The number of thiocarbonyl (C=S) groups is 1. The Hall–Kier alpha value is -3.91. The van der Waals surface area contributed by atoms with E-state index in [-0.39, 0.29) is 17.9 Å². The van der Waals surface area contributed by atoms with Crippen LogP contribution in [-0.2, 0) is 0 Å². The van der Waals surface area contributed by atoms with Gasteiger partial charge in [-0.05, 0) is 72.9 Å². The van der Waals surface area contributed by atoms with Crippen LogP contribution in [0.4, 0.5) is 10.1 Å². The number of nitrogens with one attached hydrogen (secondary N) is 1. The van der Waals surface area contributed by atoms with E-state index in [9.17, 15) is 4.39 Å². The van der Waals surface area contributed by atoms with Crippen LogP contribution in [0.2, 0.25) is 0 Å². The predicted molar refractivity (Wildman–Crippen MR) is 133 cm³/mol. The maximum atomic E-state index is 13.6. The van der Waals surface area contributed by atoms with Gasteiger partial charge in [-0.15, -0.1) is 0 Å². The van der Waals surface area contributed by atoms with Crippen molar-refractivity contribution in [3.63, 3.8) is 0 Å². The SMILES string of the molecule is COc1ccc(N2C(=S)N[C@@H](c3ccccn3)[C@@H]2c2cccn2-c2ccc(F)cc2)c(OC)c1. The molecule has 34 heavy (non-hydrogen) atoms. The molecule has 0 radical (unpaired) electrons. The topological polar surface area (TPSA) is 51.5 Å². The van der Waals surface area contributed by atoms with Crippen molar-refractivity contribution in [3.05, 3.63) is 102 Å². The van der Waals surface area contributed by atoms with Gasteiger partial charge < -0.3 is 24.3 Å². The maximum Gasteiger partial charge on any atom is 0.174 e. The molecule has 0 amide bonds. The van der Waals surface area contributed by atoms with Crippen molar-refractivity contribution in [2.24, 2.45) is 0 Å². The number of halogens is 1.